The number of carbonyl (C=O) groups is 2. The van der Waals surface area contributed by atoms with E-state index >= 15 is 0 Å². The zero-order valence-electron chi connectivity index (χ0n) is 15.4. The summed E-state index contributed by atoms with van der Waals surface area (Å²) >= 11 is 8.25. The maximum Gasteiger partial charge on any atom is 0.266 e. The Kier molecular flexibility index (Phi) is 5.79. The third kappa shape index (κ3) is 4.13. The lowest BCUT2D eigenvalue weighted by Gasteiger charge is -2.32. The van der Waals surface area contributed by atoms with E-state index in [2.05, 4.69) is 23.4 Å². The third-order valence-corrected chi connectivity index (χ3v) is 7.12. The second-order valence-corrected chi connectivity index (χ2v) is 9.37. The van der Waals surface area contributed by atoms with Crippen molar-refractivity contribution in [3.8, 4) is 0 Å². The van der Waals surface area contributed by atoms with Crippen LogP contribution in [0.15, 0.2) is 34.6 Å². The number of fused-ring (bicyclic) bond motifs is 1. The molecule has 2 fully saturated rings. The fraction of sp³-hybridized carbons (Fsp3) is 0.316. The molecule has 2 aliphatic rings. The zero-order valence-corrected chi connectivity index (χ0v) is 17.8. The van der Waals surface area contributed by atoms with Gasteiger partial charge in [0.2, 0.25) is 0 Å². The molecule has 0 radical (unpaired) electrons. The molecule has 4 rings (SSSR count). The van der Waals surface area contributed by atoms with Gasteiger partial charge in [-0.15, -0.1) is 11.3 Å². The lowest BCUT2D eigenvalue weighted by molar-refractivity contribution is -0.132. The van der Waals surface area contributed by atoms with Crippen LogP contribution in [0.25, 0.3) is 16.2 Å². The molecule has 0 unspecified atom stereocenters. The molecule has 6 nitrogen and oxygen atoms in total. The molecule has 0 bridgehead atoms. The topological polar surface area (TPSA) is 55.9 Å². The summed E-state index contributed by atoms with van der Waals surface area (Å²) in [7, 11) is 2.06. The minimum atomic E-state index is -0.219. The molecule has 2 saturated heterocycles. The number of hydrogen-bond acceptors (Lipinski definition) is 7. The minimum Gasteiger partial charge on any atom is -0.304 e. The Labute approximate surface area is 177 Å². The number of thiophene rings is 1. The van der Waals surface area contributed by atoms with E-state index in [-0.39, 0.29) is 18.4 Å². The number of piperazine rings is 1. The van der Waals surface area contributed by atoms with E-state index in [4.69, 9.17) is 12.2 Å². The first-order chi connectivity index (χ1) is 13.5. The molecule has 1 aromatic carbocycles. The van der Waals surface area contributed by atoms with Crippen LogP contribution < -0.4 is 5.43 Å². The maximum absolute atomic E-state index is 12.8. The van der Waals surface area contributed by atoms with Gasteiger partial charge in [0.1, 0.15) is 10.9 Å². The van der Waals surface area contributed by atoms with Crippen molar-refractivity contribution in [1.29, 1.82) is 0 Å². The Balaban J connectivity index is 1.43. The molecule has 0 saturated carbocycles. The second kappa shape index (κ2) is 8.30. The largest absolute Gasteiger partial charge is 0.304 e. The standard InChI is InChI=1S/C19H20N4O2S3/c1-21-6-8-22(9-7-21)20-17(24)11-23-18(25)16(28-19(23)26)10-13-12-27-15-5-3-2-4-14(13)15/h2-5,10,12H,6-9,11H2,1H3,(H,20,24)/b16-10-. The maximum atomic E-state index is 12.8. The molecule has 2 aliphatic heterocycles. The van der Waals surface area contributed by atoms with Crippen LogP contribution in [0.2, 0.25) is 0 Å². The summed E-state index contributed by atoms with van der Waals surface area (Å²) in [5.74, 6) is -0.429. The molecular weight excluding hydrogens is 412 g/mol. The van der Waals surface area contributed by atoms with Gasteiger partial charge in [-0.1, -0.05) is 42.2 Å². The molecule has 3 heterocycles. The molecule has 0 aliphatic carbocycles. The summed E-state index contributed by atoms with van der Waals surface area (Å²) in [6.07, 6.45) is 1.87. The molecule has 1 aromatic heterocycles. The Morgan fingerprint density at radius 1 is 1.25 bits per heavy atom. The molecule has 0 atom stereocenters. The van der Waals surface area contributed by atoms with E-state index in [1.54, 1.807) is 11.3 Å². The third-order valence-electron chi connectivity index (χ3n) is 4.76. The van der Waals surface area contributed by atoms with Crippen molar-refractivity contribution < 1.29 is 9.59 Å². The van der Waals surface area contributed by atoms with Crippen LogP contribution in [0.5, 0.6) is 0 Å². The van der Waals surface area contributed by atoms with E-state index in [0.717, 1.165) is 37.1 Å². The fourth-order valence-electron chi connectivity index (χ4n) is 3.16. The average molecular weight is 433 g/mol. The average Bonchev–Trinajstić information content (AvgIpc) is 3.20. The Hall–Kier alpha value is -1.78. The van der Waals surface area contributed by atoms with E-state index < -0.39 is 0 Å². The fourth-order valence-corrected chi connectivity index (χ4v) is 5.33. The highest BCUT2D eigenvalue weighted by Gasteiger charge is 2.34. The van der Waals surface area contributed by atoms with Crippen molar-refractivity contribution in [2.75, 3.05) is 39.8 Å². The summed E-state index contributed by atoms with van der Waals surface area (Å²) in [6.45, 7) is 3.29. The number of nitrogens with one attached hydrogen (secondary N) is 1. The highest BCUT2D eigenvalue weighted by molar-refractivity contribution is 8.26. The lowest BCUT2D eigenvalue weighted by Crippen LogP contribution is -2.54. The first-order valence-electron chi connectivity index (χ1n) is 8.96. The van der Waals surface area contributed by atoms with E-state index in [1.165, 1.54) is 21.4 Å². The molecule has 9 heteroatoms. The molecule has 2 amide bonds. The van der Waals surface area contributed by atoms with Crippen LogP contribution >= 0.6 is 35.3 Å². The van der Waals surface area contributed by atoms with Crippen LogP contribution in [0.3, 0.4) is 0 Å². The monoisotopic (exact) mass is 432 g/mol. The number of thiocarbonyl (C=S) groups is 1. The molecule has 146 valence electrons. The number of hydrogen-bond donors (Lipinski definition) is 1. The van der Waals surface area contributed by atoms with E-state index in [0.29, 0.717) is 9.23 Å². The number of thioether (sulfide) groups is 1. The van der Waals surface area contributed by atoms with Gasteiger partial charge in [0, 0.05) is 30.9 Å². The van der Waals surface area contributed by atoms with Crippen molar-refractivity contribution >= 4 is 67.6 Å². The zero-order chi connectivity index (χ0) is 19.7. The second-order valence-electron chi connectivity index (χ2n) is 6.78. The van der Waals surface area contributed by atoms with Gasteiger partial charge < -0.3 is 4.90 Å². The van der Waals surface area contributed by atoms with E-state index in [9.17, 15) is 9.59 Å². The van der Waals surface area contributed by atoms with Gasteiger partial charge in [0.15, 0.2) is 0 Å². The van der Waals surface area contributed by atoms with Crippen LogP contribution in [-0.2, 0) is 9.59 Å². The van der Waals surface area contributed by atoms with Crippen molar-refractivity contribution in [2.45, 2.75) is 0 Å². The van der Waals surface area contributed by atoms with Gasteiger partial charge in [-0.25, -0.2) is 5.01 Å². The summed E-state index contributed by atoms with van der Waals surface area (Å²) < 4.78 is 1.60. The first-order valence-corrected chi connectivity index (χ1v) is 11.1. The Bertz CT molecular complexity index is 963. The van der Waals surface area contributed by atoms with Gasteiger partial charge in [-0.05, 0) is 35.5 Å². The van der Waals surface area contributed by atoms with Gasteiger partial charge in [-0.3, -0.25) is 19.9 Å². The molecule has 2 aromatic rings. The summed E-state index contributed by atoms with van der Waals surface area (Å²) in [5, 5.41) is 5.05. The van der Waals surface area contributed by atoms with Crippen molar-refractivity contribution in [3.63, 3.8) is 0 Å². The quantitative estimate of drug-likeness (QED) is 0.591. The van der Waals surface area contributed by atoms with Gasteiger partial charge in [0.05, 0.1) is 4.91 Å². The number of likely N-dealkylation sites (N-methyl/N-ethyl adjacent to an activating group) is 1. The predicted octanol–water partition coefficient (Wildman–Crippen LogP) is 2.38. The highest BCUT2D eigenvalue weighted by atomic mass is 32.2. The number of carbonyl (C=O) groups excluding carboxylic acids is 2. The number of rotatable bonds is 4. The highest BCUT2D eigenvalue weighted by Crippen LogP contribution is 2.35. The molecule has 0 spiro atoms. The predicted molar refractivity (Wildman–Crippen MR) is 119 cm³/mol. The number of amides is 2. The van der Waals surface area contributed by atoms with Crippen molar-refractivity contribution in [3.05, 3.63) is 40.1 Å². The summed E-state index contributed by atoms with van der Waals surface area (Å²) in [4.78, 5) is 29.3. The molecule has 28 heavy (non-hydrogen) atoms. The molecule has 1 N–H and O–H groups in total. The number of nitrogens with zero attached hydrogens (tertiary/aromatic N) is 3. The summed E-state index contributed by atoms with van der Waals surface area (Å²) in [6, 6.07) is 8.09. The van der Waals surface area contributed by atoms with Crippen LogP contribution in [0, 0.1) is 0 Å². The number of benzene rings is 1. The SMILES string of the molecule is CN1CCN(NC(=O)CN2C(=O)/C(=C/c3csc4ccccc34)SC2=S)CC1. The van der Waals surface area contributed by atoms with E-state index in [1.807, 2.05) is 34.7 Å². The first kappa shape index (κ1) is 19.5. The minimum absolute atomic E-state index is 0.0568. The lowest BCUT2D eigenvalue weighted by atomic mass is 10.1. The number of hydrazine groups is 1. The van der Waals surface area contributed by atoms with Gasteiger partial charge in [-0.2, -0.15) is 0 Å². The van der Waals surface area contributed by atoms with Crippen LogP contribution in [0.1, 0.15) is 5.56 Å². The molecular formula is C19H20N4O2S3. The van der Waals surface area contributed by atoms with Crippen LogP contribution in [-0.4, -0.2) is 70.7 Å². The van der Waals surface area contributed by atoms with Crippen molar-refractivity contribution in [2.24, 2.45) is 0 Å². The van der Waals surface area contributed by atoms with Crippen LogP contribution in [0.4, 0.5) is 0 Å². The van der Waals surface area contributed by atoms with Crippen molar-refractivity contribution in [1.82, 2.24) is 20.2 Å². The van der Waals surface area contributed by atoms with Gasteiger partial charge >= 0.3 is 0 Å². The Morgan fingerprint density at radius 3 is 2.79 bits per heavy atom. The Morgan fingerprint density at radius 2 is 2.00 bits per heavy atom. The van der Waals surface area contributed by atoms with Gasteiger partial charge in [0.25, 0.3) is 11.8 Å². The normalized spacial score (nSPS) is 20.5. The summed E-state index contributed by atoms with van der Waals surface area (Å²) in [5.41, 5.74) is 3.88. The smallest absolute Gasteiger partial charge is 0.266 e.